The summed E-state index contributed by atoms with van der Waals surface area (Å²) in [6, 6.07) is 5.61. The van der Waals surface area contributed by atoms with Gasteiger partial charge in [-0.3, -0.25) is 0 Å². The summed E-state index contributed by atoms with van der Waals surface area (Å²) >= 11 is 6.61. The fraction of sp³-hybridized carbons (Fsp3) is 0.308. The highest BCUT2D eigenvalue weighted by molar-refractivity contribution is 9.11. The van der Waals surface area contributed by atoms with Crippen molar-refractivity contribution >= 4 is 39.0 Å². The van der Waals surface area contributed by atoms with E-state index < -0.39 is 0 Å². The quantitative estimate of drug-likeness (QED) is 0.671. The van der Waals surface area contributed by atoms with E-state index in [2.05, 4.69) is 57.2 Å². The number of aromatic nitrogens is 6. The summed E-state index contributed by atoms with van der Waals surface area (Å²) < 4.78 is 3.54. The third kappa shape index (κ3) is 3.21. The molecular weight excluding hydrogens is 384 g/mol. The third-order valence-corrected chi connectivity index (χ3v) is 5.47. The Balaban J connectivity index is 1.91. The molecular formula is C13H13BrN6S2. The third-order valence-electron chi connectivity index (χ3n) is 2.76. The number of hydrogen-bond donors (Lipinski definition) is 0. The monoisotopic (exact) mass is 396 g/mol. The van der Waals surface area contributed by atoms with Crippen LogP contribution in [0.4, 0.5) is 0 Å². The SMILES string of the molecule is CC(C)(C)c1nc(Sc2nnnn2-c2ccccn2)sc1Br. The maximum absolute atomic E-state index is 4.70. The summed E-state index contributed by atoms with van der Waals surface area (Å²) in [5, 5.41) is 12.4. The number of rotatable bonds is 3. The molecule has 0 aliphatic carbocycles. The van der Waals surface area contributed by atoms with Gasteiger partial charge in [0, 0.05) is 11.6 Å². The molecule has 0 amide bonds. The molecule has 22 heavy (non-hydrogen) atoms. The van der Waals surface area contributed by atoms with E-state index in [9.17, 15) is 0 Å². The first-order valence-electron chi connectivity index (χ1n) is 6.49. The van der Waals surface area contributed by atoms with Crippen molar-refractivity contribution in [2.75, 3.05) is 0 Å². The minimum absolute atomic E-state index is 0.0128. The molecule has 114 valence electrons. The number of halogens is 1. The standard InChI is InChI=1S/C13H13BrN6S2/c1-13(2,3)9-10(14)21-12(16-9)22-11-17-18-19-20(11)8-6-4-5-7-15-8/h4-7H,1-3H3. The predicted molar refractivity (Wildman–Crippen MR) is 89.6 cm³/mol. The van der Waals surface area contributed by atoms with E-state index in [4.69, 9.17) is 4.98 Å². The van der Waals surface area contributed by atoms with Crippen LogP contribution in [0.25, 0.3) is 5.82 Å². The summed E-state index contributed by atoms with van der Waals surface area (Å²) in [5.74, 6) is 0.682. The molecule has 3 aromatic heterocycles. The van der Waals surface area contributed by atoms with Crippen molar-refractivity contribution in [3.63, 3.8) is 0 Å². The van der Waals surface area contributed by atoms with Crippen LogP contribution < -0.4 is 0 Å². The minimum atomic E-state index is -0.0128. The second-order valence-electron chi connectivity index (χ2n) is 5.52. The summed E-state index contributed by atoms with van der Waals surface area (Å²) in [4.78, 5) is 8.96. The van der Waals surface area contributed by atoms with Gasteiger partial charge in [-0.25, -0.2) is 9.97 Å². The summed E-state index contributed by atoms with van der Waals surface area (Å²) in [5.41, 5.74) is 1.03. The van der Waals surface area contributed by atoms with Crippen LogP contribution >= 0.6 is 39.0 Å². The minimum Gasteiger partial charge on any atom is -0.237 e. The molecule has 3 heterocycles. The molecule has 0 saturated carbocycles. The van der Waals surface area contributed by atoms with Gasteiger partial charge in [-0.1, -0.05) is 38.2 Å². The Morgan fingerprint density at radius 2 is 2.09 bits per heavy atom. The lowest BCUT2D eigenvalue weighted by Crippen LogP contribution is -2.12. The van der Waals surface area contributed by atoms with Crippen LogP contribution in [-0.2, 0) is 5.41 Å². The van der Waals surface area contributed by atoms with Crippen molar-refractivity contribution in [1.29, 1.82) is 0 Å². The highest BCUT2D eigenvalue weighted by atomic mass is 79.9. The number of hydrogen-bond acceptors (Lipinski definition) is 7. The lowest BCUT2D eigenvalue weighted by molar-refractivity contribution is 0.566. The largest absolute Gasteiger partial charge is 0.237 e. The first-order valence-corrected chi connectivity index (χ1v) is 8.92. The van der Waals surface area contributed by atoms with E-state index >= 15 is 0 Å². The van der Waals surface area contributed by atoms with Crippen LogP contribution in [0.15, 0.2) is 37.7 Å². The van der Waals surface area contributed by atoms with E-state index in [1.165, 1.54) is 11.8 Å². The van der Waals surface area contributed by atoms with Crippen molar-refractivity contribution in [3.8, 4) is 5.82 Å². The number of nitrogens with zero attached hydrogens (tertiary/aromatic N) is 6. The van der Waals surface area contributed by atoms with Crippen molar-refractivity contribution in [1.82, 2.24) is 30.2 Å². The van der Waals surface area contributed by atoms with E-state index in [0.717, 1.165) is 13.8 Å². The molecule has 0 atom stereocenters. The van der Waals surface area contributed by atoms with Crippen LogP contribution in [0.2, 0.25) is 0 Å². The van der Waals surface area contributed by atoms with E-state index in [1.54, 1.807) is 22.2 Å². The first kappa shape index (κ1) is 15.6. The van der Waals surface area contributed by atoms with Crippen molar-refractivity contribution in [2.45, 2.75) is 35.7 Å². The molecule has 0 aromatic carbocycles. The van der Waals surface area contributed by atoms with Crippen molar-refractivity contribution in [3.05, 3.63) is 33.9 Å². The Morgan fingerprint density at radius 3 is 2.73 bits per heavy atom. The van der Waals surface area contributed by atoms with Crippen LogP contribution in [0, 0.1) is 0 Å². The van der Waals surface area contributed by atoms with Gasteiger partial charge >= 0.3 is 0 Å². The van der Waals surface area contributed by atoms with Gasteiger partial charge < -0.3 is 0 Å². The Hall–Kier alpha value is -1.32. The first-order chi connectivity index (χ1) is 10.4. The van der Waals surface area contributed by atoms with Gasteiger partial charge in [-0.2, -0.15) is 4.68 Å². The molecule has 0 unspecified atom stereocenters. The second-order valence-corrected chi connectivity index (χ2v) is 9.05. The van der Waals surface area contributed by atoms with Crippen molar-refractivity contribution < 1.29 is 0 Å². The predicted octanol–water partition coefficient (Wildman–Crippen LogP) is 3.73. The Bertz CT molecular complexity index is 777. The smallest absolute Gasteiger partial charge is 0.222 e. The normalized spacial score (nSPS) is 11.8. The van der Waals surface area contributed by atoms with E-state index in [-0.39, 0.29) is 5.41 Å². The van der Waals surface area contributed by atoms with Gasteiger partial charge in [0.25, 0.3) is 0 Å². The summed E-state index contributed by atoms with van der Waals surface area (Å²) in [6.07, 6.45) is 1.71. The van der Waals surface area contributed by atoms with Gasteiger partial charge in [0.15, 0.2) is 10.2 Å². The fourth-order valence-electron chi connectivity index (χ4n) is 1.73. The lowest BCUT2D eigenvalue weighted by Gasteiger charge is -2.15. The zero-order valence-corrected chi connectivity index (χ0v) is 15.4. The van der Waals surface area contributed by atoms with E-state index in [1.807, 2.05) is 18.2 Å². The Kier molecular flexibility index (Phi) is 4.28. The molecule has 0 bridgehead atoms. The highest BCUT2D eigenvalue weighted by Gasteiger charge is 2.23. The average Bonchev–Trinajstić information content (AvgIpc) is 3.06. The van der Waals surface area contributed by atoms with Gasteiger partial charge in [0.05, 0.1) is 9.48 Å². The number of tetrazole rings is 1. The molecule has 0 fully saturated rings. The zero-order chi connectivity index (χ0) is 15.7. The van der Waals surface area contributed by atoms with Gasteiger partial charge in [-0.15, -0.1) is 5.10 Å². The van der Waals surface area contributed by atoms with Crippen LogP contribution in [0.3, 0.4) is 0 Å². The molecule has 0 radical (unpaired) electrons. The maximum atomic E-state index is 4.70. The van der Waals surface area contributed by atoms with E-state index in [0.29, 0.717) is 11.0 Å². The average molecular weight is 397 g/mol. The van der Waals surface area contributed by atoms with Crippen LogP contribution in [0.5, 0.6) is 0 Å². The molecule has 6 nitrogen and oxygen atoms in total. The molecule has 0 aliphatic rings. The topological polar surface area (TPSA) is 69.4 Å². The number of pyridine rings is 1. The van der Waals surface area contributed by atoms with Crippen molar-refractivity contribution in [2.24, 2.45) is 0 Å². The van der Waals surface area contributed by atoms with Gasteiger partial charge in [-0.05, 0) is 50.3 Å². The van der Waals surface area contributed by atoms with Gasteiger partial charge in [0.1, 0.15) is 0 Å². The summed E-state index contributed by atoms with van der Waals surface area (Å²) in [7, 11) is 0. The summed E-state index contributed by atoms with van der Waals surface area (Å²) in [6.45, 7) is 6.41. The Morgan fingerprint density at radius 1 is 1.27 bits per heavy atom. The molecule has 0 aliphatic heterocycles. The number of thiazole rings is 1. The molecule has 0 N–H and O–H groups in total. The molecule has 3 rings (SSSR count). The lowest BCUT2D eigenvalue weighted by atomic mass is 9.93. The Labute approximate surface area is 144 Å². The highest BCUT2D eigenvalue weighted by Crippen LogP contribution is 2.39. The molecule has 3 aromatic rings. The van der Waals surface area contributed by atoms with Gasteiger partial charge in [0.2, 0.25) is 5.16 Å². The van der Waals surface area contributed by atoms with Crippen LogP contribution in [0.1, 0.15) is 26.5 Å². The maximum Gasteiger partial charge on any atom is 0.222 e. The molecule has 9 heteroatoms. The fourth-order valence-corrected chi connectivity index (χ4v) is 5.16. The van der Waals surface area contributed by atoms with Crippen LogP contribution in [-0.4, -0.2) is 30.2 Å². The molecule has 0 spiro atoms. The zero-order valence-electron chi connectivity index (χ0n) is 12.2. The second kappa shape index (κ2) is 6.05. The molecule has 0 saturated heterocycles.